The van der Waals surface area contributed by atoms with Crippen LogP contribution < -0.4 is 5.32 Å². The maximum atomic E-state index is 11.7. The zero-order valence-electron chi connectivity index (χ0n) is 9.76. The van der Waals surface area contributed by atoms with Crippen molar-refractivity contribution in [3.8, 4) is 0 Å². The Morgan fingerprint density at radius 2 is 2.22 bits per heavy atom. The highest BCUT2D eigenvalue weighted by molar-refractivity contribution is 7.15. The molecule has 18 heavy (non-hydrogen) atoms. The number of furan rings is 1. The zero-order chi connectivity index (χ0) is 12.4. The summed E-state index contributed by atoms with van der Waals surface area (Å²) in [5.41, 5.74) is 0. The normalized spacial score (nSPS) is 16.0. The molecule has 0 aromatic carbocycles. The third-order valence-electron chi connectivity index (χ3n) is 3.11. The van der Waals surface area contributed by atoms with Gasteiger partial charge >= 0.3 is 0 Å². The lowest BCUT2D eigenvalue weighted by Crippen LogP contribution is -2.10. The number of amides is 1. The van der Waals surface area contributed by atoms with E-state index < -0.39 is 0 Å². The van der Waals surface area contributed by atoms with E-state index in [0.717, 1.165) is 5.01 Å². The Morgan fingerprint density at radius 3 is 2.94 bits per heavy atom. The minimum Gasteiger partial charge on any atom is -0.459 e. The lowest BCUT2D eigenvalue weighted by atomic mass is 10.1. The van der Waals surface area contributed by atoms with Crippen LogP contribution >= 0.6 is 11.3 Å². The van der Waals surface area contributed by atoms with Gasteiger partial charge in [0.2, 0.25) is 5.13 Å². The third kappa shape index (κ3) is 2.28. The van der Waals surface area contributed by atoms with Crippen molar-refractivity contribution in [2.45, 2.75) is 31.6 Å². The lowest BCUT2D eigenvalue weighted by Gasteiger charge is -2.01. The number of nitrogens with zero attached hydrogens (tertiary/aromatic N) is 2. The van der Waals surface area contributed by atoms with Gasteiger partial charge in [-0.05, 0) is 25.0 Å². The first-order valence-corrected chi connectivity index (χ1v) is 6.83. The van der Waals surface area contributed by atoms with Crippen LogP contribution in [0.15, 0.2) is 22.8 Å². The number of hydrogen-bond donors (Lipinski definition) is 1. The van der Waals surface area contributed by atoms with Crippen LogP contribution in [0.5, 0.6) is 0 Å². The Hall–Kier alpha value is -1.69. The minimum absolute atomic E-state index is 0.283. The molecule has 94 valence electrons. The number of aromatic nitrogens is 2. The van der Waals surface area contributed by atoms with Gasteiger partial charge in [0.05, 0.1) is 6.26 Å². The molecule has 1 saturated carbocycles. The van der Waals surface area contributed by atoms with Gasteiger partial charge in [-0.3, -0.25) is 10.1 Å². The molecular formula is C12H13N3O2S. The molecule has 0 spiro atoms. The summed E-state index contributed by atoms with van der Waals surface area (Å²) < 4.78 is 5.02. The van der Waals surface area contributed by atoms with Crippen LogP contribution in [0.25, 0.3) is 0 Å². The van der Waals surface area contributed by atoms with Crippen molar-refractivity contribution in [1.29, 1.82) is 0 Å². The molecule has 0 radical (unpaired) electrons. The van der Waals surface area contributed by atoms with Crippen molar-refractivity contribution in [3.05, 3.63) is 29.2 Å². The Kier molecular flexibility index (Phi) is 3.10. The van der Waals surface area contributed by atoms with Crippen molar-refractivity contribution in [2.24, 2.45) is 0 Å². The first-order chi connectivity index (χ1) is 8.83. The highest BCUT2D eigenvalue weighted by Crippen LogP contribution is 2.36. The molecule has 1 aliphatic rings. The van der Waals surface area contributed by atoms with Gasteiger partial charge in [-0.2, -0.15) is 0 Å². The quantitative estimate of drug-likeness (QED) is 0.924. The van der Waals surface area contributed by atoms with Crippen LogP contribution in [-0.4, -0.2) is 16.1 Å². The molecule has 6 heteroatoms. The highest BCUT2D eigenvalue weighted by atomic mass is 32.1. The van der Waals surface area contributed by atoms with Crippen molar-refractivity contribution in [3.63, 3.8) is 0 Å². The number of anilines is 1. The molecule has 2 aromatic heterocycles. The van der Waals surface area contributed by atoms with E-state index in [1.807, 2.05) is 0 Å². The number of carbonyl (C=O) groups excluding carboxylic acids is 1. The molecular weight excluding hydrogens is 250 g/mol. The molecule has 0 unspecified atom stereocenters. The Bertz CT molecular complexity index is 529. The van der Waals surface area contributed by atoms with Crippen molar-refractivity contribution in [1.82, 2.24) is 10.2 Å². The van der Waals surface area contributed by atoms with Crippen molar-refractivity contribution >= 4 is 22.4 Å². The van der Waals surface area contributed by atoms with E-state index in [9.17, 15) is 4.79 Å². The van der Waals surface area contributed by atoms with E-state index in [2.05, 4.69) is 15.5 Å². The minimum atomic E-state index is -0.283. The van der Waals surface area contributed by atoms with Crippen molar-refractivity contribution < 1.29 is 9.21 Å². The Balaban J connectivity index is 1.68. The van der Waals surface area contributed by atoms with Crippen LogP contribution in [0, 0.1) is 0 Å². The molecule has 1 aliphatic carbocycles. The predicted molar refractivity (Wildman–Crippen MR) is 67.8 cm³/mol. The first kappa shape index (κ1) is 11.4. The van der Waals surface area contributed by atoms with Crippen LogP contribution in [0.1, 0.15) is 47.2 Å². The summed E-state index contributed by atoms with van der Waals surface area (Å²) in [6.45, 7) is 0. The second-order valence-electron chi connectivity index (χ2n) is 4.36. The van der Waals surface area contributed by atoms with Gasteiger partial charge in [0, 0.05) is 5.92 Å². The average Bonchev–Trinajstić information content (AvgIpc) is 3.12. The van der Waals surface area contributed by atoms with Gasteiger partial charge in [-0.1, -0.05) is 24.2 Å². The van der Waals surface area contributed by atoms with E-state index in [-0.39, 0.29) is 11.7 Å². The van der Waals surface area contributed by atoms with Crippen molar-refractivity contribution in [2.75, 3.05) is 5.32 Å². The Labute approximate surface area is 108 Å². The molecule has 0 bridgehead atoms. The summed E-state index contributed by atoms with van der Waals surface area (Å²) in [6, 6.07) is 3.30. The zero-order valence-corrected chi connectivity index (χ0v) is 10.6. The van der Waals surface area contributed by atoms with Gasteiger partial charge in [0.15, 0.2) is 5.76 Å². The average molecular weight is 263 g/mol. The number of nitrogens with one attached hydrogen (secondary N) is 1. The topological polar surface area (TPSA) is 68.0 Å². The number of carbonyl (C=O) groups is 1. The van der Waals surface area contributed by atoms with Gasteiger partial charge in [-0.15, -0.1) is 10.2 Å². The van der Waals surface area contributed by atoms with Gasteiger partial charge in [0.25, 0.3) is 5.91 Å². The van der Waals surface area contributed by atoms with E-state index in [4.69, 9.17) is 4.42 Å². The summed E-state index contributed by atoms with van der Waals surface area (Å²) in [5.74, 6) is 0.526. The standard InChI is InChI=1S/C12H13N3O2S/c16-10(9-6-3-7-17-9)13-12-15-14-11(18-12)8-4-1-2-5-8/h3,6-8H,1-2,4-5H2,(H,13,15,16). The molecule has 2 aromatic rings. The number of rotatable bonds is 3. The SMILES string of the molecule is O=C(Nc1nnc(C2CCCC2)s1)c1ccco1. The summed E-state index contributed by atoms with van der Waals surface area (Å²) in [4.78, 5) is 11.7. The fourth-order valence-electron chi connectivity index (χ4n) is 2.19. The second-order valence-corrected chi connectivity index (χ2v) is 5.37. The van der Waals surface area contributed by atoms with E-state index in [1.165, 1.54) is 43.3 Å². The second kappa shape index (κ2) is 4.89. The van der Waals surface area contributed by atoms with Crippen LogP contribution in [0.2, 0.25) is 0 Å². The summed E-state index contributed by atoms with van der Waals surface area (Å²) >= 11 is 1.46. The molecule has 1 fully saturated rings. The van der Waals surface area contributed by atoms with Gasteiger partial charge in [-0.25, -0.2) is 0 Å². The summed E-state index contributed by atoms with van der Waals surface area (Å²) in [6.07, 6.45) is 6.36. The molecule has 1 N–H and O–H groups in total. The molecule has 1 amide bonds. The summed E-state index contributed by atoms with van der Waals surface area (Å²) in [5, 5.41) is 12.4. The molecule has 0 saturated heterocycles. The lowest BCUT2D eigenvalue weighted by molar-refractivity contribution is 0.0996. The van der Waals surface area contributed by atoms with E-state index in [1.54, 1.807) is 12.1 Å². The highest BCUT2D eigenvalue weighted by Gasteiger charge is 2.21. The smallest absolute Gasteiger partial charge is 0.293 e. The monoisotopic (exact) mass is 263 g/mol. The van der Waals surface area contributed by atoms with Gasteiger partial charge in [0.1, 0.15) is 5.01 Å². The fraction of sp³-hybridized carbons (Fsp3) is 0.417. The first-order valence-electron chi connectivity index (χ1n) is 6.01. The molecule has 3 rings (SSSR count). The van der Waals surface area contributed by atoms with Crippen LogP contribution in [-0.2, 0) is 0 Å². The Morgan fingerprint density at radius 1 is 1.39 bits per heavy atom. The molecule has 2 heterocycles. The maximum absolute atomic E-state index is 11.7. The molecule has 5 nitrogen and oxygen atoms in total. The fourth-order valence-corrected chi connectivity index (χ4v) is 3.10. The summed E-state index contributed by atoms with van der Waals surface area (Å²) in [7, 11) is 0. The third-order valence-corrected chi connectivity index (χ3v) is 4.11. The van der Waals surface area contributed by atoms with Crippen LogP contribution in [0.3, 0.4) is 0 Å². The van der Waals surface area contributed by atoms with E-state index in [0.29, 0.717) is 11.0 Å². The molecule has 0 aliphatic heterocycles. The van der Waals surface area contributed by atoms with Crippen LogP contribution in [0.4, 0.5) is 5.13 Å². The maximum Gasteiger partial charge on any atom is 0.293 e. The number of hydrogen-bond acceptors (Lipinski definition) is 5. The largest absolute Gasteiger partial charge is 0.459 e. The van der Waals surface area contributed by atoms with Gasteiger partial charge < -0.3 is 4.42 Å². The molecule has 0 atom stereocenters. The van der Waals surface area contributed by atoms with E-state index >= 15 is 0 Å². The predicted octanol–water partition coefficient (Wildman–Crippen LogP) is 3.04.